The van der Waals surface area contributed by atoms with E-state index in [9.17, 15) is 16.8 Å². The van der Waals surface area contributed by atoms with Gasteiger partial charge in [-0.1, -0.05) is 35.4 Å². The fourth-order valence-electron chi connectivity index (χ4n) is 2.71. The van der Waals surface area contributed by atoms with E-state index in [0.29, 0.717) is 0 Å². The second kappa shape index (κ2) is 7.08. The van der Waals surface area contributed by atoms with E-state index in [-0.39, 0.29) is 22.9 Å². The summed E-state index contributed by atoms with van der Waals surface area (Å²) in [4.78, 5) is 0.282. The fourth-order valence-corrected chi connectivity index (χ4v) is 7.34. The van der Waals surface area contributed by atoms with Crippen LogP contribution in [-0.4, -0.2) is 44.2 Å². The van der Waals surface area contributed by atoms with Crippen molar-refractivity contribution in [3.8, 4) is 0 Å². The highest BCUT2D eigenvalue weighted by Crippen LogP contribution is 2.29. The van der Waals surface area contributed by atoms with Crippen molar-refractivity contribution in [3.05, 3.63) is 59.7 Å². The molecule has 3 rings (SSSR count). The van der Waals surface area contributed by atoms with Gasteiger partial charge in [0.25, 0.3) is 0 Å². The maximum Gasteiger partial charge on any atom is 0.419 e. The Bertz CT molecular complexity index is 926. The van der Waals surface area contributed by atoms with E-state index in [2.05, 4.69) is 15.8 Å². The third-order valence-corrected chi connectivity index (χ3v) is 9.54. The quantitative estimate of drug-likeness (QED) is 0.662. The van der Waals surface area contributed by atoms with Crippen LogP contribution in [0.1, 0.15) is 11.1 Å². The molecule has 0 aliphatic carbocycles. The number of halogens is 1. The summed E-state index contributed by atoms with van der Waals surface area (Å²) in [5, 5.41) is 0. The van der Waals surface area contributed by atoms with Gasteiger partial charge in [0.1, 0.15) is 0 Å². The molecule has 0 unspecified atom stereocenters. The highest BCUT2D eigenvalue weighted by Gasteiger charge is 2.48. The number of aryl methyl sites for hydroxylation is 2. The molecule has 2 aromatic rings. The molecule has 10 heteroatoms. The van der Waals surface area contributed by atoms with Crippen molar-refractivity contribution in [1.82, 2.24) is 8.43 Å². The van der Waals surface area contributed by atoms with Gasteiger partial charge in [0, 0.05) is 13.1 Å². The van der Waals surface area contributed by atoms with Crippen LogP contribution in [0, 0.1) is 13.8 Å². The molecular weight excluding hydrogens is 439 g/mol. The smallest absolute Gasteiger partial charge is 0.208 e. The number of rotatable bonds is 4. The maximum absolute atomic E-state index is 12.9. The molecule has 6 nitrogen and oxygen atoms in total. The van der Waals surface area contributed by atoms with Crippen LogP contribution in [-0.2, 0) is 20.0 Å². The molecule has 1 saturated heterocycles. The summed E-state index contributed by atoms with van der Waals surface area (Å²) in [5.74, 6) is -0.972. The Morgan fingerprint density at radius 3 is 1.35 bits per heavy atom. The number of sulfonamides is 2. The average molecular weight is 457 g/mol. The van der Waals surface area contributed by atoms with Gasteiger partial charge in [-0.2, -0.15) is 0 Å². The summed E-state index contributed by atoms with van der Waals surface area (Å²) in [6, 6.07) is 13.0. The molecule has 1 aliphatic heterocycles. The van der Waals surface area contributed by atoms with Crippen molar-refractivity contribution in [2.75, 3.05) is 13.1 Å². The van der Waals surface area contributed by atoms with Crippen LogP contribution in [0.3, 0.4) is 0 Å². The third kappa shape index (κ3) is 3.48. The molecule has 0 aromatic heterocycles. The van der Waals surface area contributed by atoms with E-state index in [1.807, 2.05) is 13.8 Å². The van der Waals surface area contributed by atoms with Crippen LogP contribution >= 0.6 is 15.8 Å². The summed E-state index contributed by atoms with van der Waals surface area (Å²) in [7, 11) is -7.61. The van der Waals surface area contributed by atoms with Crippen molar-refractivity contribution in [2.24, 2.45) is 0 Å². The highest BCUT2D eigenvalue weighted by molar-refractivity contribution is 9.24. The zero-order chi connectivity index (χ0) is 19.1. The lowest BCUT2D eigenvalue weighted by Gasteiger charge is -2.22. The standard InChI is InChI=1S/C16H18BBrN2O4S2/c1-13-3-7-15(8-4-13)25(21,22)19-11-12-20(17(19)18)26(23,24)16-9-5-14(2)6-10-16/h3-10H,11-12H2,1-2H3. The molecule has 138 valence electrons. The van der Waals surface area contributed by atoms with E-state index in [1.54, 1.807) is 24.3 Å². The maximum atomic E-state index is 12.9. The zero-order valence-electron chi connectivity index (χ0n) is 14.3. The number of nitrogens with zero attached hydrogens (tertiary/aromatic N) is 2. The predicted molar refractivity (Wildman–Crippen MR) is 105 cm³/mol. The van der Waals surface area contributed by atoms with Gasteiger partial charge in [-0.3, -0.25) is 0 Å². The minimum Gasteiger partial charge on any atom is -0.208 e. The van der Waals surface area contributed by atoms with Gasteiger partial charge in [0.05, 0.1) is 9.79 Å². The van der Waals surface area contributed by atoms with E-state index >= 15 is 0 Å². The first-order valence-corrected chi connectivity index (χ1v) is 11.7. The molecule has 0 radical (unpaired) electrons. The largest absolute Gasteiger partial charge is 0.419 e. The Balaban J connectivity index is 1.91. The summed E-state index contributed by atoms with van der Waals surface area (Å²) >= 11 is 3.26. The molecule has 0 atom stereocenters. The van der Waals surface area contributed by atoms with Crippen molar-refractivity contribution in [3.63, 3.8) is 0 Å². The Morgan fingerprint density at radius 1 is 0.731 bits per heavy atom. The van der Waals surface area contributed by atoms with E-state index in [0.717, 1.165) is 19.6 Å². The molecule has 1 fully saturated rings. The highest BCUT2D eigenvalue weighted by atomic mass is 79.9. The average Bonchev–Trinajstić information content (AvgIpc) is 2.99. The van der Waals surface area contributed by atoms with Gasteiger partial charge in [-0.05, 0) is 38.1 Å². The second-order valence-corrected chi connectivity index (χ2v) is 10.8. The molecule has 0 spiro atoms. The van der Waals surface area contributed by atoms with Gasteiger partial charge in [-0.15, -0.1) is 15.8 Å². The van der Waals surface area contributed by atoms with Gasteiger partial charge in [0.2, 0.25) is 20.0 Å². The molecule has 1 aliphatic rings. The van der Waals surface area contributed by atoms with E-state index in [1.165, 1.54) is 24.3 Å². The molecule has 2 aromatic carbocycles. The normalized spacial score (nSPS) is 17.0. The number of hydrogen-bond acceptors (Lipinski definition) is 4. The Morgan fingerprint density at radius 2 is 1.04 bits per heavy atom. The van der Waals surface area contributed by atoms with Crippen molar-refractivity contribution in [2.45, 2.75) is 23.6 Å². The first-order valence-electron chi connectivity index (χ1n) is 7.95. The van der Waals surface area contributed by atoms with Crippen LogP contribution in [0.15, 0.2) is 58.3 Å². The molecule has 1 heterocycles. The number of benzene rings is 2. The monoisotopic (exact) mass is 456 g/mol. The van der Waals surface area contributed by atoms with Gasteiger partial charge < -0.3 is 0 Å². The van der Waals surface area contributed by atoms with Gasteiger partial charge >= 0.3 is 5.81 Å². The second-order valence-electron chi connectivity index (χ2n) is 6.17. The lowest BCUT2D eigenvalue weighted by Crippen LogP contribution is -2.44. The lowest BCUT2D eigenvalue weighted by molar-refractivity contribution is 0.536. The van der Waals surface area contributed by atoms with Crippen LogP contribution in [0.5, 0.6) is 0 Å². The van der Waals surface area contributed by atoms with Crippen molar-refractivity contribution < 1.29 is 16.8 Å². The Hall–Kier alpha value is -1.20. The Labute approximate surface area is 163 Å². The zero-order valence-corrected chi connectivity index (χ0v) is 17.6. The minimum atomic E-state index is -3.81. The third-order valence-electron chi connectivity index (χ3n) is 4.27. The summed E-state index contributed by atoms with van der Waals surface area (Å²) in [6.45, 7) is 3.90. The molecule has 0 amide bonds. The molecule has 0 N–H and O–H groups in total. The lowest BCUT2D eigenvalue weighted by atomic mass is 10.2. The predicted octanol–water partition coefficient (Wildman–Crippen LogP) is 2.38. The minimum absolute atomic E-state index is 0.0806. The fraction of sp³-hybridized carbons (Fsp3) is 0.250. The number of hydrogen-bond donors (Lipinski definition) is 0. The molecule has 26 heavy (non-hydrogen) atoms. The molecular formula is C16H18BBrN2O4S2. The van der Waals surface area contributed by atoms with Gasteiger partial charge in [0.15, 0.2) is 0 Å². The molecule has 0 saturated carbocycles. The topological polar surface area (TPSA) is 74.8 Å². The van der Waals surface area contributed by atoms with Crippen LogP contribution in [0.4, 0.5) is 0 Å². The summed E-state index contributed by atoms with van der Waals surface area (Å²) < 4.78 is 53.8. The first kappa shape index (κ1) is 19.6. The van der Waals surface area contributed by atoms with E-state index in [4.69, 9.17) is 0 Å². The Kier molecular flexibility index (Phi) is 5.33. The van der Waals surface area contributed by atoms with Crippen molar-refractivity contribution in [1.29, 1.82) is 0 Å². The van der Waals surface area contributed by atoms with E-state index < -0.39 is 25.9 Å². The van der Waals surface area contributed by atoms with Crippen LogP contribution in [0.25, 0.3) is 0 Å². The summed E-state index contributed by atoms with van der Waals surface area (Å²) in [5.41, 5.74) is 1.90. The van der Waals surface area contributed by atoms with Crippen LogP contribution < -0.4 is 0 Å². The summed E-state index contributed by atoms with van der Waals surface area (Å²) in [6.07, 6.45) is 0. The molecule has 0 bridgehead atoms. The SMILES string of the molecule is Cc1ccc(S(=O)(=O)N2CCN(S(=O)(=O)c3ccc(C)cc3)B2Br)cc1. The van der Waals surface area contributed by atoms with Crippen LogP contribution in [0.2, 0.25) is 0 Å². The van der Waals surface area contributed by atoms with Crippen molar-refractivity contribution >= 4 is 41.6 Å². The van der Waals surface area contributed by atoms with Gasteiger partial charge in [-0.25, -0.2) is 25.3 Å². The first-order chi connectivity index (χ1) is 12.1.